The van der Waals surface area contributed by atoms with Gasteiger partial charge in [0.2, 0.25) is 0 Å². The molecule has 0 bridgehead atoms. The van der Waals surface area contributed by atoms with Gasteiger partial charge in [0.25, 0.3) is 0 Å². The van der Waals surface area contributed by atoms with Crippen molar-refractivity contribution in [3.63, 3.8) is 0 Å². The summed E-state index contributed by atoms with van der Waals surface area (Å²) in [6.07, 6.45) is 4.57. The Hall–Kier alpha value is -0.730. The standard InChI is InChI=1S/C9H17N3O/c1-7-2-4-8(5-3-7)9(6-13)11-12-10/h7-9,13H,2-6H2,1H3. The highest BCUT2D eigenvalue weighted by molar-refractivity contribution is 4.80. The van der Waals surface area contributed by atoms with Crippen LogP contribution in [0.4, 0.5) is 0 Å². The van der Waals surface area contributed by atoms with E-state index in [1.165, 1.54) is 12.8 Å². The van der Waals surface area contributed by atoms with Gasteiger partial charge in [-0.05, 0) is 30.2 Å². The van der Waals surface area contributed by atoms with Crippen molar-refractivity contribution in [1.82, 2.24) is 0 Å². The summed E-state index contributed by atoms with van der Waals surface area (Å²) in [6, 6.07) is -0.197. The first-order chi connectivity index (χ1) is 6.27. The van der Waals surface area contributed by atoms with Gasteiger partial charge < -0.3 is 5.11 Å². The van der Waals surface area contributed by atoms with Gasteiger partial charge in [0.15, 0.2) is 0 Å². The van der Waals surface area contributed by atoms with Crippen LogP contribution in [0.5, 0.6) is 0 Å². The van der Waals surface area contributed by atoms with E-state index in [4.69, 9.17) is 10.6 Å². The molecule has 1 atom stereocenters. The van der Waals surface area contributed by atoms with Crippen LogP contribution in [0.2, 0.25) is 0 Å². The molecule has 4 nitrogen and oxygen atoms in total. The fourth-order valence-electron chi connectivity index (χ4n) is 2.02. The summed E-state index contributed by atoms with van der Waals surface area (Å²) in [6.45, 7) is 2.24. The molecule has 0 aliphatic heterocycles. The third kappa shape index (κ3) is 2.90. The maximum atomic E-state index is 9.01. The third-order valence-electron chi connectivity index (χ3n) is 2.99. The first-order valence-electron chi connectivity index (χ1n) is 4.93. The zero-order chi connectivity index (χ0) is 9.68. The molecule has 0 heterocycles. The second kappa shape index (κ2) is 5.10. The van der Waals surface area contributed by atoms with Crippen LogP contribution in [0.15, 0.2) is 5.11 Å². The molecule has 0 radical (unpaired) electrons. The summed E-state index contributed by atoms with van der Waals surface area (Å²) in [5.41, 5.74) is 8.30. The van der Waals surface area contributed by atoms with E-state index in [1.54, 1.807) is 0 Å². The van der Waals surface area contributed by atoms with Crippen LogP contribution >= 0.6 is 0 Å². The predicted molar refractivity (Wildman–Crippen MR) is 51.1 cm³/mol. The van der Waals surface area contributed by atoms with Crippen LogP contribution in [0.25, 0.3) is 10.4 Å². The average Bonchev–Trinajstić information content (AvgIpc) is 2.16. The summed E-state index contributed by atoms with van der Waals surface area (Å²) in [5.74, 6) is 1.19. The zero-order valence-corrected chi connectivity index (χ0v) is 8.06. The fourth-order valence-corrected chi connectivity index (χ4v) is 2.02. The van der Waals surface area contributed by atoms with E-state index in [1.807, 2.05) is 0 Å². The molecule has 0 aromatic heterocycles. The number of hydrogen-bond donors (Lipinski definition) is 1. The molecule has 1 aliphatic rings. The van der Waals surface area contributed by atoms with Gasteiger partial charge in [-0.1, -0.05) is 24.9 Å². The Morgan fingerprint density at radius 1 is 1.46 bits per heavy atom. The van der Waals surface area contributed by atoms with Gasteiger partial charge in [-0.3, -0.25) is 0 Å². The average molecular weight is 183 g/mol. The maximum Gasteiger partial charge on any atom is 0.0633 e. The molecule has 74 valence electrons. The van der Waals surface area contributed by atoms with Crippen LogP contribution in [0.3, 0.4) is 0 Å². The lowest BCUT2D eigenvalue weighted by Gasteiger charge is -2.29. The van der Waals surface area contributed by atoms with E-state index in [2.05, 4.69) is 16.9 Å². The van der Waals surface area contributed by atoms with Crippen molar-refractivity contribution >= 4 is 0 Å². The minimum absolute atomic E-state index is 0.0108. The lowest BCUT2D eigenvalue weighted by molar-refractivity contribution is 0.182. The van der Waals surface area contributed by atoms with Crippen molar-refractivity contribution in [2.75, 3.05) is 6.61 Å². The molecule has 4 heteroatoms. The van der Waals surface area contributed by atoms with Gasteiger partial charge in [0.05, 0.1) is 12.6 Å². The van der Waals surface area contributed by atoms with Crippen LogP contribution in [-0.4, -0.2) is 17.8 Å². The summed E-state index contributed by atoms with van der Waals surface area (Å²) in [5, 5.41) is 12.6. The molecule has 0 saturated heterocycles. The van der Waals surface area contributed by atoms with Crippen LogP contribution in [-0.2, 0) is 0 Å². The summed E-state index contributed by atoms with van der Waals surface area (Å²) in [7, 11) is 0. The van der Waals surface area contributed by atoms with Crippen LogP contribution in [0, 0.1) is 11.8 Å². The monoisotopic (exact) mass is 183 g/mol. The highest BCUT2D eigenvalue weighted by Gasteiger charge is 2.24. The van der Waals surface area contributed by atoms with E-state index < -0.39 is 0 Å². The summed E-state index contributed by atoms with van der Waals surface area (Å²) < 4.78 is 0. The van der Waals surface area contributed by atoms with Crippen LogP contribution < -0.4 is 0 Å². The molecule has 0 spiro atoms. The van der Waals surface area contributed by atoms with Crippen molar-refractivity contribution in [2.45, 2.75) is 38.6 Å². The molecule has 13 heavy (non-hydrogen) atoms. The quantitative estimate of drug-likeness (QED) is 0.407. The number of aliphatic hydroxyl groups excluding tert-OH is 1. The smallest absolute Gasteiger partial charge is 0.0633 e. The number of nitrogens with zero attached hydrogens (tertiary/aromatic N) is 3. The molecule has 1 unspecified atom stereocenters. The largest absolute Gasteiger partial charge is 0.396 e. The summed E-state index contributed by atoms with van der Waals surface area (Å²) in [4.78, 5) is 2.77. The second-order valence-electron chi connectivity index (χ2n) is 3.97. The normalized spacial score (nSPS) is 30.6. The molecule has 0 aromatic rings. The second-order valence-corrected chi connectivity index (χ2v) is 3.97. The molecule has 1 N–H and O–H groups in total. The molecule has 0 aromatic carbocycles. The van der Waals surface area contributed by atoms with Crippen LogP contribution in [0.1, 0.15) is 32.6 Å². The van der Waals surface area contributed by atoms with Gasteiger partial charge in [0, 0.05) is 4.91 Å². The number of rotatable bonds is 3. The van der Waals surface area contributed by atoms with E-state index in [0.717, 1.165) is 18.8 Å². The molecule has 1 fully saturated rings. The molecule has 1 rings (SSSR count). The first-order valence-corrected chi connectivity index (χ1v) is 4.93. The molecule has 1 aliphatic carbocycles. The van der Waals surface area contributed by atoms with E-state index in [9.17, 15) is 0 Å². The Balaban J connectivity index is 2.45. The van der Waals surface area contributed by atoms with Crippen molar-refractivity contribution in [2.24, 2.45) is 17.0 Å². The minimum atomic E-state index is -0.197. The molecule has 1 saturated carbocycles. The van der Waals surface area contributed by atoms with E-state index in [0.29, 0.717) is 5.92 Å². The fraction of sp³-hybridized carbons (Fsp3) is 1.00. The van der Waals surface area contributed by atoms with E-state index in [-0.39, 0.29) is 12.6 Å². The Morgan fingerprint density at radius 2 is 2.08 bits per heavy atom. The van der Waals surface area contributed by atoms with E-state index >= 15 is 0 Å². The SMILES string of the molecule is CC1CCC(C(CO)N=[N+]=[N-])CC1. The molecular weight excluding hydrogens is 166 g/mol. The van der Waals surface area contributed by atoms with Crippen molar-refractivity contribution in [3.8, 4) is 0 Å². The lowest BCUT2D eigenvalue weighted by atomic mass is 9.80. The van der Waals surface area contributed by atoms with Crippen molar-refractivity contribution in [1.29, 1.82) is 0 Å². The lowest BCUT2D eigenvalue weighted by Crippen LogP contribution is -2.26. The first kappa shape index (κ1) is 10.4. The topological polar surface area (TPSA) is 69.0 Å². The summed E-state index contributed by atoms with van der Waals surface area (Å²) >= 11 is 0. The molecule has 0 amide bonds. The van der Waals surface area contributed by atoms with Gasteiger partial charge in [-0.2, -0.15) is 0 Å². The Morgan fingerprint density at radius 3 is 2.54 bits per heavy atom. The maximum absolute atomic E-state index is 9.01. The van der Waals surface area contributed by atoms with Gasteiger partial charge in [-0.25, -0.2) is 0 Å². The number of azide groups is 1. The van der Waals surface area contributed by atoms with Gasteiger partial charge >= 0.3 is 0 Å². The predicted octanol–water partition coefficient (Wildman–Crippen LogP) is 2.48. The Bertz CT molecular complexity index is 193. The highest BCUT2D eigenvalue weighted by atomic mass is 16.3. The minimum Gasteiger partial charge on any atom is -0.396 e. The highest BCUT2D eigenvalue weighted by Crippen LogP contribution is 2.31. The third-order valence-corrected chi connectivity index (χ3v) is 2.99. The van der Waals surface area contributed by atoms with Gasteiger partial charge in [-0.15, -0.1) is 0 Å². The molecular formula is C9H17N3O. The Kier molecular flexibility index (Phi) is 4.06. The van der Waals surface area contributed by atoms with Crippen molar-refractivity contribution < 1.29 is 5.11 Å². The van der Waals surface area contributed by atoms with Gasteiger partial charge in [0.1, 0.15) is 0 Å². The number of hydrogen-bond acceptors (Lipinski definition) is 2. The Labute approximate surface area is 78.6 Å². The zero-order valence-electron chi connectivity index (χ0n) is 8.06. The van der Waals surface area contributed by atoms with Crippen molar-refractivity contribution in [3.05, 3.63) is 10.4 Å². The number of aliphatic hydroxyl groups is 1.